The smallest absolute Gasteiger partial charge is 0.239 e. The van der Waals surface area contributed by atoms with E-state index >= 15 is 0 Å². The molecule has 0 aliphatic carbocycles. The summed E-state index contributed by atoms with van der Waals surface area (Å²) < 4.78 is 0. The number of alkyl halides is 1. The van der Waals surface area contributed by atoms with E-state index in [1.165, 1.54) is 0 Å². The normalized spacial score (nSPS) is 9.62. The van der Waals surface area contributed by atoms with Gasteiger partial charge in [0.15, 0.2) is 0 Å². The summed E-state index contributed by atoms with van der Waals surface area (Å²) in [6.07, 6.45) is 0. The van der Waals surface area contributed by atoms with Crippen LogP contribution in [0.2, 0.25) is 0 Å². The monoisotopic (exact) mass is 132 g/mol. The zero-order valence-electron chi connectivity index (χ0n) is 4.06. The second kappa shape index (κ2) is 2.00. The van der Waals surface area contributed by atoms with Crippen LogP contribution in [-0.4, -0.2) is 15.2 Å². The number of hydrogen-bond acceptors (Lipinski definition) is 3. The van der Waals surface area contributed by atoms with Crippen LogP contribution in [-0.2, 0) is 5.88 Å². The minimum absolute atomic E-state index is 0.237. The van der Waals surface area contributed by atoms with Crippen LogP contribution < -0.4 is 5.73 Å². The largest absolute Gasteiger partial charge is 0.367 e. The van der Waals surface area contributed by atoms with Gasteiger partial charge >= 0.3 is 0 Å². The number of nitrogens with one attached hydrogen (secondary N) is 1. The Kier molecular flexibility index (Phi) is 1.34. The fraction of sp³-hybridized carbons (Fsp3) is 0.333. The van der Waals surface area contributed by atoms with Crippen LogP contribution in [0.3, 0.4) is 0 Å². The van der Waals surface area contributed by atoms with Crippen molar-refractivity contribution >= 4 is 17.5 Å². The molecule has 0 atom stereocenters. The van der Waals surface area contributed by atoms with E-state index in [2.05, 4.69) is 15.2 Å². The number of halogens is 1. The van der Waals surface area contributed by atoms with E-state index in [1.54, 1.807) is 0 Å². The first-order valence-corrected chi connectivity index (χ1v) is 2.59. The standard InChI is InChI=1S/C3H5ClN4/c4-1-2-6-3(5)8-7-2/h1H2,(H3,5,6,7,8). The van der Waals surface area contributed by atoms with E-state index < -0.39 is 0 Å². The quantitative estimate of drug-likeness (QED) is 0.534. The molecule has 0 unspecified atom stereocenters. The van der Waals surface area contributed by atoms with E-state index in [1.807, 2.05) is 0 Å². The van der Waals surface area contributed by atoms with Gasteiger partial charge in [0, 0.05) is 0 Å². The third kappa shape index (κ3) is 0.894. The molecule has 0 radical (unpaired) electrons. The van der Waals surface area contributed by atoms with Crippen LogP contribution >= 0.6 is 11.6 Å². The van der Waals surface area contributed by atoms with Crippen molar-refractivity contribution in [2.75, 3.05) is 5.73 Å². The van der Waals surface area contributed by atoms with Crippen LogP contribution in [0.5, 0.6) is 0 Å². The van der Waals surface area contributed by atoms with Crippen LogP contribution in [0.4, 0.5) is 5.95 Å². The molecule has 0 amide bonds. The maximum atomic E-state index is 5.35. The van der Waals surface area contributed by atoms with Gasteiger partial charge in [0.25, 0.3) is 0 Å². The molecule has 0 saturated carbocycles. The van der Waals surface area contributed by atoms with Crippen molar-refractivity contribution in [1.29, 1.82) is 0 Å². The van der Waals surface area contributed by atoms with Gasteiger partial charge in [0.2, 0.25) is 5.95 Å². The molecule has 5 heteroatoms. The second-order valence-electron chi connectivity index (χ2n) is 1.27. The Labute approximate surface area is 51.1 Å². The molecule has 0 aliphatic heterocycles. The highest BCUT2D eigenvalue weighted by Gasteiger charge is 1.93. The lowest BCUT2D eigenvalue weighted by molar-refractivity contribution is 1.02. The van der Waals surface area contributed by atoms with Gasteiger partial charge in [-0.05, 0) is 0 Å². The Bertz CT molecular complexity index is 172. The van der Waals surface area contributed by atoms with Crippen molar-refractivity contribution in [2.45, 2.75) is 5.88 Å². The van der Waals surface area contributed by atoms with Gasteiger partial charge in [-0.25, -0.2) is 0 Å². The minimum atomic E-state index is 0.237. The Morgan fingerprint density at radius 2 is 2.50 bits per heavy atom. The molecular weight excluding hydrogens is 128 g/mol. The zero-order valence-corrected chi connectivity index (χ0v) is 4.81. The maximum Gasteiger partial charge on any atom is 0.239 e. The van der Waals surface area contributed by atoms with Crippen LogP contribution in [0.25, 0.3) is 0 Å². The number of hydrogen-bond donors (Lipinski definition) is 2. The van der Waals surface area contributed by atoms with E-state index in [-0.39, 0.29) is 5.95 Å². The molecule has 44 valence electrons. The van der Waals surface area contributed by atoms with Crippen molar-refractivity contribution in [3.63, 3.8) is 0 Å². The molecule has 0 aliphatic rings. The van der Waals surface area contributed by atoms with Gasteiger partial charge in [0.05, 0.1) is 5.88 Å². The molecule has 1 rings (SSSR count). The predicted molar refractivity (Wildman–Crippen MR) is 30.4 cm³/mol. The summed E-state index contributed by atoms with van der Waals surface area (Å²) in [4.78, 5) is 3.71. The molecule has 4 nitrogen and oxygen atoms in total. The summed E-state index contributed by atoms with van der Waals surface area (Å²) in [5, 5.41) is 6.08. The van der Waals surface area contributed by atoms with E-state index in [0.29, 0.717) is 11.7 Å². The second-order valence-corrected chi connectivity index (χ2v) is 1.54. The highest BCUT2D eigenvalue weighted by atomic mass is 35.5. The number of nitrogens with two attached hydrogens (primary N) is 1. The maximum absolute atomic E-state index is 5.35. The lowest BCUT2D eigenvalue weighted by Gasteiger charge is -1.76. The number of H-pyrrole nitrogens is 1. The van der Waals surface area contributed by atoms with E-state index in [0.717, 1.165) is 0 Å². The first-order valence-electron chi connectivity index (χ1n) is 2.05. The average molecular weight is 133 g/mol. The Morgan fingerprint density at radius 1 is 1.75 bits per heavy atom. The molecule has 8 heavy (non-hydrogen) atoms. The Hall–Kier alpha value is -0.770. The van der Waals surface area contributed by atoms with Crippen LogP contribution in [0.15, 0.2) is 0 Å². The highest BCUT2D eigenvalue weighted by Crippen LogP contribution is 1.95. The van der Waals surface area contributed by atoms with Gasteiger partial charge in [-0.1, -0.05) is 0 Å². The Balaban J connectivity index is 2.84. The fourth-order valence-electron chi connectivity index (χ4n) is 0.370. The highest BCUT2D eigenvalue weighted by molar-refractivity contribution is 6.16. The summed E-state index contributed by atoms with van der Waals surface area (Å²) in [7, 11) is 0. The number of nitrogen functional groups attached to an aromatic ring is 1. The number of nitrogens with zero attached hydrogens (tertiary/aromatic N) is 2. The van der Waals surface area contributed by atoms with Crippen molar-refractivity contribution in [3.05, 3.63) is 5.82 Å². The van der Waals surface area contributed by atoms with Crippen LogP contribution in [0.1, 0.15) is 5.82 Å². The summed E-state index contributed by atoms with van der Waals surface area (Å²) in [6.45, 7) is 0. The average Bonchev–Trinajstić information content (AvgIpc) is 2.14. The summed E-state index contributed by atoms with van der Waals surface area (Å²) in [6, 6.07) is 0. The molecule has 1 heterocycles. The molecule has 1 aromatic rings. The van der Waals surface area contributed by atoms with E-state index in [4.69, 9.17) is 17.3 Å². The third-order valence-corrected chi connectivity index (χ3v) is 0.929. The molecule has 0 fully saturated rings. The topological polar surface area (TPSA) is 67.6 Å². The van der Waals surface area contributed by atoms with Crippen molar-refractivity contribution < 1.29 is 0 Å². The lowest BCUT2D eigenvalue weighted by atomic mass is 10.7. The van der Waals surface area contributed by atoms with Gasteiger partial charge < -0.3 is 5.73 Å². The van der Waals surface area contributed by atoms with Crippen molar-refractivity contribution in [2.24, 2.45) is 0 Å². The molecule has 0 spiro atoms. The molecule has 0 saturated heterocycles. The number of rotatable bonds is 1. The summed E-state index contributed by atoms with van der Waals surface area (Å²) in [5.41, 5.74) is 5.14. The third-order valence-electron chi connectivity index (χ3n) is 0.676. The zero-order chi connectivity index (χ0) is 5.98. The van der Waals surface area contributed by atoms with Crippen LogP contribution in [0, 0.1) is 0 Å². The number of aromatic nitrogens is 3. The van der Waals surface area contributed by atoms with Gasteiger partial charge in [0.1, 0.15) is 5.82 Å². The SMILES string of the molecule is Nc1n[nH]c(CCl)n1. The van der Waals surface area contributed by atoms with Gasteiger partial charge in [-0.15, -0.1) is 16.7 Å². The van der Waals surface area contributed by atoms with Crippen molar-refractivity contribution in [3.8, 4) is 0 Å². The molecule has 3 N–H and O–H groups in total. The number of anilines is 1. The first kappa shape index (κ1) is 5.37. The number of aromatic amines is 1. The van der Waals surface area contributed by atoms with E-state index in [9.17, 15) is 0 Å². The fourth-order valence-corrected chi connectivity index (χ4v) is 0.489. The first-order chi connectivity index (χ1) is 3.83. The molecular formula is C3H5ClN4. The van der Waals surface area contributed by atoms with Crippen molar-refractivity contribution in [1.82, 2.24) is 15.2 Å². The Morgan fingerprint density at radius 3 is 2.75 bits per heavy atom. The lowest BCUT2D eigenvalue weighted by Crippen LogP contribution is -1.85. The predicted octanol–water partition coefficient (Wildman–Crippen LogP) is 0.126. The summed E-state index contributed by atoms with van der Waals surface area (Å²) >= 11 is 5.35. The minimum Gasteiger partial charge on any atom is -0.367 e. The molecule has 1 aromatic heterocycles. The van der Waals surface area contributed by atoms with Gasteiger partial charge in [-0.3, -0.25) is 5.10 Å². The molecule has 0 bridgehead atoms. The molecule has 0 aromatic carbocycles. The summed E-state index contributed by atoms with van der Waals surface area (Å²) in [5.74, 6) is 1.16. The van der Waals surface area contributed by atoms with Gasteiger partial charge in [-0.2, -0.15) is 4.98 Å².